The topological polar surface area (TPSA) is 132 Å². The molecule has 2 aromatic rings. The van der Waals surface area contributed by atoms with Crippen LogP contribution in [0.5, 0.6) is 5.75 Å². The fourth-order valence-electron chi connectivity index (χ4n) is 2.68. The number of hydrogen-bond donors (Lipinski definition) is 2. The summed E-state index contributed by atoms with van der Waals surface area (Å²) in [5.41, 5.74) is 0.607. The molecule has 29 heavy (non-hydrogen) atoms. The van der Waals surface area contributed by atoms with E-state index in [2.05, 4.69) is 4.98 Å². The highest BCUT2D eigenvalue weighted by molar-refractivity contribution is 7.68. The van der Waals surface area contributed by atoms with Crippen LogP contribution in [0.2, 0.25) is 0 Å². The van der Waals surface area contributed by atoms with Crippen LogP contribution in [0.4, 0.5) is 0 Å². The Bertz CT molecular complexity index is 954. The van der Waals surface area contributed by atoms with Gasteiger partial charge in [-0.2, -0.15) is 0 Å². The summed E-state index contributed by atoms with van der Waals surface area (Å²) in [4.78, 5) is 25.9. The Morgan fingerprint density at radius 1 is 1.38 bits per heavy atom. The van der Waals surface area contributed by atoms with Crippen LogP contribution in [0, 0.1) is 0 Å². The van der Waals surface area contributed by atoms with Gasteiger partial charge in [-0.1, -0.05) is 25.1 Å². The zero-order valence-corrected chi connectivity index (χ0v) is 17.3. The highest BCUT2D eigenvalue weighted by Crippen LogP contribution is 2.72. The summed E-state index contributed by atoms with van der Waals surface area (Å²) < 4.78 is 40.9. The molecule has 0 saturated carbocycles. The van der Waals surface area contributed by atoms with Gasteiger partial charge in [-0.05, 0) is 34.7 Å². The van der Waals surface area contributed by atoms with Crippen LogP contribution in [0.3, 0.4) is 0 Å². The van der Waals surface area contributed by atoms with Crippen LogP contribution >= 0.6 is 15.6 Å². The number of carbonyl (C=O) groups excluding carboxylic acids is 1. The van der Waals surface area contributed by atoms with E-state index in [1.165, 1.54) is 36.7 Å². The Labute approximate surface area is 168 Å². The zero-order valence-electron chi connectivity index (χ0n) is 15.5. The van der Waals surface area contributed by atoms with Gasteiger partial charge in [0.25, 0.3) is 0 Å². The molecule has 0 radical (unpaired) electrons. The lowest BCUT2D eigenvalue weighted by Gasteiger charge is -2.29. The van der Waals surface area contributed by atoms with Crippen LogP contribution in [0.25, 0.3) is 0 Å². The molecule has 0 amide bonds. The first kappa shape index (κ1) is 21.7. The minimum atomic E-state index is -4.79. The first-order chi connectivity index (χ1) is 13.7. The smallest absolute Gasteiger partial charge is 0.427 e. The second-order valence-corrected chi connectivity index (χ2v) is 10.2. The van der Waals surface area contributed by atoms with E-state index in [1.807, 2.05) is 6.92 Å². The van der Waals surface area contributed by atoms with Gasteiger partial charge in [-0.25, -0.2) is 0 Å². The summed E-state index contributed by atoms with van der Waals surface area (Å²) in [6, 6.07) is 9.07. The number of benzene rings is 1. The molecule has 154 valence electrons. The van der Waals surface area contributed by atoms with Crippen LogP contribution in [-0.2, 0) is 29.4 Å². The molecule has 1 aliphatic heterocycles. The predicted octanol–water partition coefficient (Wildman–Crippen LogP) is 3.65. The molecule has 4 atom stereocenters. The lowest BCUT2D eigenvalue weighted by Crippen LogP contribution is -2.33. The molecule has 1 fully saturated rings. The van der Waals surface area contributed by atoms with Gasteiger partial charge in [0.05, 0.1) is 6.42 Å². The standard InChI is InChI=1S/C18H19NO8P2/c1-2-5-16(20)25-15-8-3-7-14(10-15)17-26-28(22)18(21,29(23,24)27-17)11-13-6-4-9-19-12-13/h3-4,6-10,12,17,21H,2,5,11H2,1H3/p+1. The Morgan fingerprint density at radius 3 is 2.83 bits per heavy atom. The summed E-state index contributed by atoms with van der Waals surface area (Å²) in [5.74, 6) is -0.243. The minimum absolute atomic E-state index is 0.187. The third kappa shape index (κ3) is 4.78. The molecule has 1 aromatic carbocycles. The van der Waals surface area contributed by atoms with Gasteiger partial charge in [0, 0.05) is 24.4 Å². The average molecular weight is 440 g/mol. The highest BCUT2D eigenvalue weighted by atomic mass is 31.2. The van der Waals surface area contributed by atoms with Gasteiger partial charge in [-0.15, -0.1) is 4.52 Å². The Hall–Kier alpha value is -1.99. The van der Waals surface area contributed by atoms with Crippen molar-refractivity contribution in [3.63, 3.8) is 0 Å². The quantitative estimate of drug-likeness (QED) is 0.392. The molecule has 1 aromatic heterocycles. The summed E-state index contributed by atoms with van der Waals surface area (Å²) in [7, 11) is -7.81. The summed E-state index contributed by atoms with van der Waals surface area (Å²) >= 11 is 0. The molecule has 2 N–H and O–H groups in total. The van der Waals surface area contributed by atoms with Crippen molar-refractivity contribution in [3.8, 4) is 5.75 Å². The number of aliphatic hydroxyl groups is 1. The van der Waals surface area contributed by atoms with Crippen LogP contribution in [-0.4, -0.2) is 26.0 Å². The van der Waals surface area contributed by atoms with Crippen molar-refractivity contribution in [3.05, 3.63) is 59.9 Å². The Kier molecular flexibility index (Phi) is 6.58. The number of rotatable bonds is 6. The molecule has 2 heterocycles. The van der Waals surface area contributed by atoms with Crippen molar-refractivity contribution in [2.24, 2.45) is 0 Å². The SMILES string of the molecule is CCCC(=O)Oc1cccc(C2O[P+](=O)C(O)(Cc3cccnc3)P(=O)(O)O2)c1. The van der Waals surface area contributed by atoms with E-state index < -0.39 is 39.4 Å². The number of esters is 1. The normalized spacial score (nSPS) is 28.1. The first-order valence-corrected chi connectivity index (χ1v) is 11.6. The number of pyridine rings is 1. The summed E-state index contributed by atoms with van der Waals surface area (Å²) in [6.07, 6.45) is 1.81. The number of nitrogens with zero attached hydrogens (tertiary/aromatic N) is 1. The lowest BCUT2D eigenvalue weighted by molar-refractivity contribution is -0.134. The van der Waals surface area contributed by atoms with Crippen molar-refractivity contribution >= 4 is 21.6 Å². The molecule has 0 bridgehead atoms. The number of aromatic nitrogens is 1. The Balaban J connectivity index is 1.81. The first-order valence-electron chi connectivity index (χ1n) is 8.82. The van der Waals surface area contributed by atoms with E-state index in [1.54, 1.807) is 12.1 Å². The van der Waals surface area contributed by atoms with Gasteiger partial charge < -0.3 is 14.7 Å². The van der Waals surface area contributed by atoms with Crippen LogP contribution in [0.1, 0.15) is 37.2 Å². The molecule has 1 aliphatic rings. The second kappa shape index (κ2) is 8.79. The van der Waals surface area contributed by atoms with E-state index in [4.69, 9.17) is 13.8 Å². The summed E-state index contributed by atoms with van der Waals surface area (Å²) in [5, 5.41) is 8.06. The van der Waals surface area contributed by atoms with Gasteiger partial charge >= 0.3 is 26.7 Å². The average Bonchev–Trinajstić information content (AvgIpc) is 2.67. The van der Waals surface area contributed by atoms with E-state index in [0.717, 1.165) is 0 Å². The molecule has 4 unspecified atom stereocenters. The van der Waals surface area contributed by atoms with Gasteiger partial charge in [-0.3, -0.25) is 18.9 Å². The molecule has 11 heteroatoms. The fourth-order valence-corrected chi connectivity index (χ4v) is 5.65. The monoisotopic (exact) mass is 440 g/mol. The molecule has 0 spiro atoms. The molecule has 1 saturated heterocycles. The third-order valence-electron chi connectivity index (χ3n) is 4.16. The van der Waals surface area contributed by atoms with E-state index in [0.29, 0.717) is 12.0 Å². The van der Waals surface area contributed by atoms with Gasteiger partial charge in [0.1, 0.15) is 5.75 Å². The summed E-state index contributed by atoms with van der Waals surface area (Å²) in [6.45, 7) is 1.84. The van der Waals surface area contributed by atoms with Crippen LogP contribution in [0.15, 0.2) is 48.8 Å². The maximum absolute atomic E-state index is 12.7. The maximum atomic E-state index is 12.7. The van der Waals surface area contributed by atoms with Crippen molar-refractivity contribution in [2.45, 2.75) is 37.6 Å². The van der Waals surface area contributed by atoms with Crippen molar-refractivity contribution in [1.82, 2.24) is 4.98 Å². The molecule has 9 nitrogen and oxygen atoms in total. The predicted molar refractivity (Wildman–Crippen MR) is 102 cm³/mol. The van der Waals surface area contributed by atoms with E-state index in [9.17, 15) is 23.9 Å². The molecule has 0 aliphatic carbocycles. The Morgan fingerprint density at radius 2 is 2.17 bits per heavy atom. The number of carbonyl (C=O) groups is 1. The van der Waals surface area contributed by atoms with Crippen molar-refractivity contribution in [2.75, 3.05) is 0 Å². The largest absolute Gasteiger partial charge is 0.560 e. The van der Waals surface area contributed by atoms with Crippen LogP contribution < -0.4 is 4.74 Å². The van der Waals surface area contributed by atoms with Gasteiger partial charge in [0.2, 0.25) is 6.29 Å². The highest BCUT2D eigenvalue weighted by Gasteiger charge is 2.70. The minimum Gasteiger partial charge on any atom is -0.427 e. The van der Waals surface area contributed by atoms with E-state index in [-0.39, 0.29) is 17.7 Å². The number of hydrogen-bond acceptors (Lipinski definition) is 8. The zero-order chi connectivity index (χ0) is 21.1. The maximum Gasteiger partial charge on any atom is 0.560 e. The second-order valence-electron chi connectivity index (χ2n) is 6.43. The number of ether oxygens (including phenoxy) is 1. The third-order valence-corrected chi connectivity index (χ3v) is 8.07. The van der Waals surface area contributed by atoms with Crippen molar-refractivity contribution < 1.29 is 37.7 Å². The lowest BCUT2D eigenvalue weighted by atomic mass is 10.2. The van der Waals surface area contributed by atoms with E-state index >= 15 is 0 Å². The molecule has 3 rings (SSSR count). The molecular formula is C18H20NO8P2+. The van der Waals surface area contributed by atoms with Crippen molar-refractivity contribution in [1.29, 1.82) is 0 Å². The molecular weight excluding hydrogens is 420 g/mol. The van der Waals surface area contributed by atoms with Gasteiger partial charge in [0.15, 0.2) is 0 Å². The fraction of sp³-hybridized carbons (Fsp3) is 0.333.